The molecule has 0 unspecified atom stereocenters. The molecule has 162 valence electrons. The SMILES string of the molecule is Cn1c(=O)c2c(ncn2CCCC(=O)N2C[C@@H](C(N)=O)Oc3ccccc32)n(C)c1=O. The van der Waals surface area contributed by atoms with Gasteiger partial charge in [-0.3, -0.25) is 23.5 Å². The highest BCUT2D eigenvalue weighted by molar-refractivity contribution is 5.97. The summed E-state index contributed by atoms with van der Waals surface area (Å²) < 4.78 is 9.57. The fraction of sp³-hybridized carbons (Fsp3) is 0.350. The lowest BCUT2D eigenvalue weighted by Gasteiger charge is -2.33. The van der Waals surface area contributed by atoms with Gasteiger partial charge in [0.25, 0.3) is 11.5 Å². The quantitative estimate of drug-likeness (QED) is 0.584. The average molecular weight is 426 g/mol. The zero-order valence-electron chi connectivity index (χ0n) is 17.1. The minimum Gasteiger partial charge on any atom is -0.477 e. The third kappa shape index (κ3) is 3.47. The Bertz CT molecular complexity index is 1300. The number of aromatic nitrogens is 4. The second kappa shape index (κ2) is 7.74. The number of hydrogen-bond donors (Lipinski definition) is 1. The number of amides is 2. The van der Waals surface area contributed by atoms with Crippen LogP contribution in [-0.2, 0) is 30.2 Å². The largest absolute Gasteiger partial charge is 0.477 e. The van der Waals surface area contributed by atoms with E-state index >= 15 is 0 Å². The van der Waals surface area contributed by atoms with E-state index in [-0.39, 0.29) is 18.9 Å². The molecule has 0 bridgehead atoms. The summed E-state index contributed by atoms with van der Waals surface area (Å²) in [6.07, 6.45) is 1.17. The maximum absolute atomic E-state index is 12.9. The first-order valence-electron chi connectivity index (χ1n) is 9.75. The Labute approximate surface area is 176 Å². The molecule has 31 heavy (non-hydrogen) atoms. The number of carbonyl (C=O) groups is 2. The van der Waals surface area contributed by atoms with E-state index in [4.69, 9.17) is 10.5 Å². The van der Waals surface area contributed by atoms with Crippen LogP contribution in [0, 0.1) is 0 Å². The van der Waals surface area contributed by atoms with Crippen LogP contribution in [0.15, 0.2) is 40.2 Å². The lowest BCUT2D eigenvalue weighted by atomic mass is 10.1. The van der Waals surface area contributed by atoms with Crippen molar-refractivity contribution in [3.63, 3.8) is 0 Å². The van der Waals surface area contributed by atoms with E-state index in [1.807, 2.05) is 0 Å². The van der Waals surface area contributed by atoms with Crippen LogP contribution in [0.1, 0.15) is 12.8 Å². The number of nitrogens with zero attached hydrogens (tertiary/aromatic N) is 5. The predicted molar refractivity (Wildman–Crippen MR) is 112 cm³/mol. The molecular weight excluding hydrogens is 404 g/mol. The Morgan fingerprint density at radius 3 is 2.68 bits per heavy atom. The minimum atomic E-state index is -0.916. The van der Waals surface area contributed by atoms with Crippen LogP contribution in [0.4, 0.5) is 5.69 Å². The van der Waals surface area contributed by atoms with Gasteiger partial charge in [0, 0.05) is 27.1 Å². The van der Waals surface area contributed by atoms with Crippen LogP contribution in [0.3, 0.4) is 0 Å². The number of anilines is 1. The van der Waals surface area contributed by atoms with E-state index in [0.29, 0.717) is 35.6 Å². The minimum absolute atomic E-state index is 0.0435. The van der Waals surface area contributed by atoms with E-state index in [1.165, 1.54) is 22.8 Å². The van der Waals surface area contributed by atoms with Gasteiger partial charge in [-0.2, -0.15) is 0 Å². The number of aryl methyl sites for hydroxylation is 2. The molecule has 2 N–H and O–H groups in total. The first-order valence-corrected chi connectivity index (χ1v) is 9.75. The van der Waals surface area contributed by atoms with Crippen molar-refractivity contribution in [2.75, 3.05) is 11.4 Å². The second-order valence-electron chi connectivity index (χ2n) is 7.40. The molecule has 2 aromatic heterocycles. The normalized spacial score (nSPS) is 15.5. The molecule has 3 heterocycles. The van der Waals surface area contributed by atoms with Crippen LogP contribution in [0.2, 0.25) is 0 Å². The van der Waals surface area contributed by atoms with Gasteiger partial charge in [-0.15, -0.1) is 0 Å². The second-order valence-corrected chi connectivity index (χ2v) is 7.40. The number of nitrogens with two attached hydrogens (primary N) is 1. The zero-order valence-corrected chi connectivity index (χ0v) is 17.1. The van der Waals surface area contributed by atoms with Gasteiger partial charge < -0.3 is 19.9 Å². The summed E-state index contributed by atoms with van der Waals surface area (Å²) in [7, 11) is 2.96. The molecule has 1 aliphatic rings. The number of primary amides is 1. The predicted octanol–water partition coefficient (Wildman–Crippen LogP) is -0.507. The molecule has 0 saturated carbocycles. The Kier molecular flexibility index (Phi) is 5.09. The fourth-order valence-electron chi connectivity index (χ4n) is 3.72. The number of imidazole rings is 1. The molecule has 1 aromatic carbocycles. The number of benzene rings is 1. The number of rotatable bonds is 5. The summed E-state index contributed by atoms with van der Waals surface area (Å²) in [4.78, 5) is 54.8. The molecule has 0 saturated heterocycles. The number of carbonyl (C=O) groups excluding carboxylic acids is 2. The monoisotopic (exact) mass is 426 g/mol. The van der Waals surface area contributed by atoms with Crippen LogP contribution in [0.25, 0.3) is 11.2 Å². The van der Waals surface area contributed by atoms with E-state index in [2.05, 4.69) is 4.98 Å². The van der Waals surface area contributed by atoms with Gasteiger partial charge in [0.2, 0.25) is 5.91 Å². The van der Waals surface area contributed by atoms with Crippen molar-refractivity contribution in [2.45, 2.75) is 25.5 Å². The van der Waals surface area contributed by atoms with Crippen molar-refractivity contribution in [2.24, 2.45) is 19.8 Å². The topological polar surface area (TPSA) is 134 Å². The number of para-hydroxylation sites is 2. The first-order chi connectivity index (χ1) is 14.8. The first kappa shape index (κ1) is 20.4. The summed E-state index contributed by atoms with van der Waals surface area (Å²) in [5.74, 6) is -0.402. The summed E-state index contributed by atoms with van der Waals surface area (Å²) in [6, 6.07) is 6.97. The van der Waals surface area contributed by atoms with Gasteiger partial charge >= 0.3 is 5.69 Å². The van der Waals surface area contributed by atoms with Crippen molar-refractivity contribution in [3.05, 3.63) is 51.4 Å². The van der Waals surface area contributed by atoms with Crippen LogP contribution >= 0.6 is 0 Å². The summed E-state index contributed by atoms with van der Waals surface area (Å²) >= 11 is 0. The summed E-state index contributed by atoms with van der Waals surface area (Å²) in [5.41, 5.74) is 5.69. The van der Waals surface area contributed by atoms with E-state index in [9.17, 15) is 19.2 Å². The maximum atomic E-state index is 12.9. The highest BCUT2D eigenvalue weighted by Crippen LogP contribution is 2.33. The Morgan fingerprint density at radius 2 is 1.94 bits per heavy atom. The molecular formula is C20H22N6O5. The lowest BCUT2D eigenvalue weighted by Crippen LogP contribution is -2.49. The van der Waals surface area contributed by atoms with Crippen molar-refractivity contribution < 1.29 is 14.3 Å². The molecule has 1 aliphatic heterocycles. The zero-order chi connectivity index (χ0) is 22.3. The highest BCUT2D eigenvalue weighted by atomic mass is 16.5. The number of hydrogen-bond acceptors (Lipinski definition) is 6. The molecule has 2 amide bonds. The fourth-order valence-corrected chi connectivity index (χ4v) is 3.72. The standard InChI is InChI=1S/C20H22N6O5/c1-23-18-16(19(29)24(2)20(23)30)25(11-22-18)9-5-8-15(27)26-10-14(17(21)28)31-13-7-4-3-6-12(13)26/h3-4,6-7,11,14H,5,8-10H2,1-2H3,(H2,21,28)/t14-/m0/s1. The molecule has 4 rings (SSSR count). The van der Waals surface area contributed by atoms with Crippen molar-refractivity contribution in [3.8, 4) is 5.75 Å². The van der Waals surface area contributed by atoms with Gasteiger partial charge in [-0.1, -0.05) is 12.1 Å². The Hall–Kier alpha value is -3.89. The van der Waals surface area contributed by atoms with Crippen molar-refractivity contribution in [1.29, 1.82) is 0 Å². The maximum Gasteiger partial charge on any atom is 0.332 e. The molecule has 0 fully saturated rings. The van der Waals surface area contributed by atoms with Crippen LogP contribution in [0.5, 0.6) is 5.75 Å². The highest BCUT2D eigenvalue weighted by Gasteiger charge is 2.32. The van der Waals surface area contributed by atoms with Crippen LogP contribution in [-0.4, -0.2) is 43.1 Å². The van der Waals surface area contributed by atoms with Gasteiger partial charge in [0.05, 0.1) is 18.6 Å². The van der Waals surface area contributed by atoms with Crippen molar-refractivity contribution >= 4 is 28.7 Å². The average Bonchev–Trinajstić information content (AvgIpc) is 3.19. The number of fused-ring (bicyclic) bond motifs is 2. The third-order valence-corrected chi connectivity index (χ3v) is 5.40. The van der Waals surface area contributed by atoms with E-state index < -0.39 is 23.3 Å². The molecule has 0 spiro atoms. The third-order valence-electron chi connectivity index (χ3n) is 5.40. The molecule has 11 nitrogen and oxygen atoms in total. The molecule has 0 radical (unpaired) electrons. The Morgan fingerprint density at radius 1 is 1.19 bits per heavy atom. The summed E-state index contributed by atoms with van der Waals surface area (Å²) in [6.45, 7) is 0.406. The molecule has 11 heteroatoms. The Balaban J connectivity index is 1.52. The smallest absolute Gasteiger partial charge is 0.332 e. The van der Waals surface area contributed by atoms with Gasteiger partial charge in [-0.25, -0.2) is 9.78 Å². The van der Waals surface area contributed by atoms with E-state index in [1.54, 1.807) is 35.9 Å². The van der Waals surface area contributed by atoms with Gasteiger partial charge in [0.1, 0.15) is 5.75 Å². The van der Waals surface area contributed by atoms with Gasteiger partial charge in [0.15, 0.2) is 17.3 Å². The lowest BCUT2D eigenvalue weighted by molar-refractivity contribution is -0.125. The molecule has 1 atom stereocenters. The van der Waals surface area contributed by atoms with Crippen molar-refractivity contribution in [1.82, 2.24) is 18.7 Å². The van der Waals surface area contributed by atoms with Gasteiger partial charge in [-0.05, 0) is 18.6 Å². The molecule has 3 aromatic rings. The number of ether oxygens (including phenoxy) is 1. The van der Waals surface area contributed by atoms with E-state index in [0.717, 1.165) is 4.57 Å². The summed E-state index contributed by atoms with van der Waals surface area (Å²) in [5, 5.41) is 0. The molecule has 0 aliphatic carbocycles. The van der Waals surface area contributed by atoms with Crippen LogP contribution < -0.4 is 26.6 Å².